The minimum atomic E-state index is -3.78. The van der Waals surface area contributed by atoms with Crippen LogP contribution in [0.4, 0.5) is 0 Å². The Hall–Kier alpha value is -2.07. The van der Waals surface area contributed by atoms with Crippen LogP contribution in [0.25, 0.3) is 0 Å². The standard InChI is InChI=1S/C17H16N2O4S3/c20-25(21,15-7-2-1-3-8-15)16-12-17(24-13-16)26(22,23)19-11-9-14-6-4-5-10-18-14/h1-8,10,12-13,19H,9,11H2. The van der Waals surface area contributed by atoms with Gasteiger partial charge < -0.3 is 0 Å². The van der Waals surface area contributed by atoms with Gasteiger partial charge in [-0.25, -0.2) is 21.6 Å². The summed E-state index contributed by atoms with van der Waals surface area (Å²) in [6.45, 7) is 0.179. The lowest BCUT2D eigenvalue weighted by molar-refractivity contribution is 0.583. The maximum Gasteiger partial charge on any atom is 0.250 e. The highest BCUT2D eigenvalue weighted by molar-refractivity contribution is 7.93. The second-order valence-electron chi connectivity index (χ2n) is 5.39. The van der Waals surface area contributed by atoms with Crippen molar-refractivity contribution in [3.05, 3.63) is 71.9 Å². The summed E-state index contributed by atoms with van der Waals surface area (Å²) < 4.78 is 52.3. The van der Waals surface area contributed by atoms with E-state index in [0.717, 1.165) is 17.0 Å². The number of aromatic nitrogens is 1. The second kappa shape index (κ2) is 7.67. The average molecular weight is 409 g/mol. The molecule has 0 aliphatic rings. The van der Waals surface area contributed by atoms with Gasteiger partial charge in [0.15, 0.2) is 0 Å². The van der Waals surface area contributed by atoms with Crippen LogP contribution in [-0.4, -0.2) is 28.4 Å². The molecule has 0 aliphatic heterocycles. The van der Waals surface area contributed by atoms with Crippen molar-refractivity contribution in [3.8, 4) is 0 Å². The Morgan fingerprint density at radius 3 is 2.35 bits per heavy atom. The minimum absolute atomic E-state index is 0.0289. The Balaban J connectivity index is 1.74. The van der Waals surface area contributed by atoms with Gasteiger partial charge in [-0.1, -0.05) is 24.3 Å². The summed E-state index contributed by atoms with van der Waals surface area (Å²) in [5, 5.41) is 1.34. The van der Waals surface area contributed by atoms with E-state index in [1.165, 1.54) is 23.6 Å². The molecular formula is C17H16N2O4S3. The molecule has 2 heterocycles. The van der Waals surface area contributed by atoms with E-state index in [4.69, 9.17) is 0 Å². The minimum Gasteiger partial charge on any atom is -0.261 e. The Labute approximate surface area is 156 Å². The first kappa shape index (κ1) is 18.7. The Morgan fingerprint density at radius 1 is 0.923 bits per heavy atom. The number of hydrogen-bond acceptors (Lipinski definition) is 6. The lowest BCUT2D eigenvalue weighted by Gasteiger charge is -2.04. The molecule has 1 aromatic carbocycles. The summed E-state index contributed by atoms with van der Waals surface area (Å²) in [5.74, 6) is 0. The van der Waals surface area contributed by atoms with Crippen LogP contribution < -0.4 is 4.72 Å². The summed E-state index contributed by atoms with van der Waals surface area (Å²) in [5.41, 5.74) is 0.772. The van der Waals surface area contributed by atoms with Crippen molar-refractivity contribution in [2.75, 3.05) is 6.54 Å². The van der Waals surface area contributed by atoms with Crippen molar-refractivity contribution < 1.29 is 16.8 Å². The van der Waals surface area contributed by atoms with Crippen LogP contribution in [0.1, 0.15) is 5.69 Å². The zero-order valence-corrected chi connectivity index (χ0v) is 16.0. The fourth-order valence-electron chi connectivity index (χ4n) is 2.25. The smallest absolute Gasteiger partial charge is 0.250 e. The van der Waals surface area contributed by atoms with Crippen LogP contribution >= 0.6 is 11.3 Å². The Morgan fingerprint density at radius 2 is 1.65 bits per heavy atom. The molecule has 2 aromatic heterocycles. The van der Waals surface area contributed by atoms with Gasteiger partial charge in [-0.2, -0.15) is 0 Å². The van der Waals surface area contributed by atoms with Gasteiger partial charge in [0.1, 0.15) is 4.21 Å². The molecule has 0 fully saturated rings. The maximum absolute atomic E-state index is 12.6. The SMILES string of the molecule is O=S(=O)(NCCc1ccccn1)c1cc(S(=O)(=O)c2ccccc2)cs1. The Kier molecular flexibility index (Phi) is 5.52. The molecule has 26 heavy (non-hydrogen) atoms. The van der Waals surface area contributed by atoms with E-state index in [1.807, 2.05) is 12.1 Å². The third-order valence-electron chi connectivity index (χ3n) is 3.58. The lowest BCUT2D eigenvalue weighted by Crippen LogP contribution is -2.25. The average Bonchev–Trinajstić information content (AvgIpc) is 3.15. The van der Waals surface area contributed by atoms with Crippen molar-refractivity contribution in [3.63, 3.8) is 0 Å². The highest BCUT2D eigenvalue weighted by Crippen LogP contribution is 2.28. The van der Waals surface area contributed by atoms with Crippen LogP contribution in [0.5, 0.6) is 0 Å². The monoisotopic (exact) mass is 408 g/mol. The number of thiophene rings is 1. The summed E-state index contributed by atoms with van der Waals surface area (Å²) >= 11 is 0.879. The fraction of sp³-hybridized carbons (Fsp3) is 0.118. The molecule has 0 amide bonds. The van der Waals surface area contributed by atoms with E-state index in [-0.39, 0.29) is 20.5 Å². The molecule has 0 spiro atoms. The number of hydrogen-bond donors (Lipinski definition) is 1. The molecular weight excluding hydrogens is 392 g/mol. The number of nitrogens with one attached hydrogen (secondary N) is 1. The largest absolute Gasteiger partial charge is 0.261 e. The number of sulfone groups is 1. The van der Waals surface area contributed by atoms with Gasteiger partial charge in [0.25, 0.3) is 0 Å². The molecule has 6 nitrogen and oxygen atoms in total. The highest BCUT2D eigenvalue weighted by Gasteiger charge is 2.23. The van der Waals surface area contributed by atoms with E-state index in [1.54, 1.807) is 30.5 Å². The maximum atomic E-state index is 12.6. The van der Waals surface area contributed by atoms with Crippen LogP contribution in [0.3, 0.4) is 0 Å². The van der Waals surface area contributed by atoms with E-state index in [2.05, 4.69) is 9.71 Å². The number of benzene rings is 1. The van der Waals surface area contributed by atoms with E-state index in [9.17, 15) is 16.8 Å². The number of rotatable bonds is 7. The first-order valence-electron chi connectivity index (χ1n) is 7.68. The molecule has 0 radical (unpaired) electrons. The van der Waals surface area contributed by atoms with Crippen LogP contribution in [0.2, 0.25) is 0 Å². The summed E-state index contributed by atoms with van der Waals surface area (Å²) in [6, 6.07) is 14.5. The van der Waals surface area contributed by atoms with Crippen molar-refractivity contribution >= 4 is 31.2 Å². The molecule has 0 atom stereocenters. The van der Waals surface area contributed by atoms with Gasteiger partial charge >= 0.3 is 0 Å². The Bertz CT molecular complexity index is 1080. The second-order valence-corrected chi connectivity index (χ2v) is 10.2. The number of nitrogens with zero attached hydrogens (tertiary/aromatic N) is 1. The van der Waals surface area contributed by atoms with Gasteiger partial charge in [-0.15, -0.1) is 11.3 Å². The van der Waals surface area contributed by atoms with Crippen LogP contribution in [0.15, 0.2) is 80.2 Å². The first-order valence-corrected chi connectivity index (χ1v) is 11.5. The molecule has 0 saturated carbocycles. The van der Waals surface area contributed by atoms with Crippen LogP contribution in [-0.2, 0) is 26.3 Å². The molecule has 0 bridgehead atoms. The molecule has 1 N–H and O–H groups in total. The molecule has 3 aromatic rings. The van der Waals surface area contributed by atoms with Gasteiger partial charge in [-0.05, 0) is 30.3 Å². The predicted molar refractivity (Wildman–Crippen MR) is 99.3 cm³/mol. The van der Waals surface area contributed by atoms with Crippen molar-refractivity contribution in [2.24, 2.45) is 0 Å². The first-order chi connectivity index (χ1) is 12.4. The van der Waals surface area contributed by atoms with Gasteiger partial charge in [0.05, 0.1) is 9.79 Å². The van der Waals surface area contributed by atoms with Crippen molar-refractivity contribution in [1.82, 2.24) is 9.71 Å². The predicted octanol–water partition coefficient (Wildman–Crippen LogP) is 2.50. The van der Waals surface area contributed by atoms with Crippen molar-refractivity contribution in [1.29, 1.82) is 0 Å². The number of sulfonamides is 1. The normalized spacial score (nSPS) is 12.2. The molecule has 3 rings (SSSR count). The lowest BCUT2D eigenvalue weighted by atomic mass is 10.3. The van der Waals surface area contributed by atoms with Gasteiger partial charge in [-0.3, -0.25) is 4.98 Å². The zero-order chi connectivity index (χ0) is 18.6. The third kappa shape index (κ3) is 4.18. The van der Waals surface area contributed by atoms with Crippen LogP contribution in [0, 0.1) is 0 Å². The third-order valence-corrected chi connectivity index (χ3v) is 8.38. The van der Waals surface area contributed by atoms with Gasteiger partial charge in [0.2, 0.25) is 19.9 Å². The van der Waals surface area contributed by atoms with E-state index < -0.39 is 19.9 Å². The number of pyridine rings is 1. The van der Waals surface area contributed by atoms with Gasteiger partial charge in [0, 0.05) is 30.2 Å². The summed E-state index contributed by atoms with van der Waals surface area (Å²) in [6.07, 6.45) is 2.09. The molecule has 0 saturated heterocycles. The quantitative estimate of drug-likeness (QED) is 0.648. The van der Waals surface area contributed by atoms with E-state index in [0.29, 0.717) is 6.42 Å². The summed E-state index contributed by atoms with van der Waals surface area (Å²) in [4.78, 5) is 4.23. The highest BCUT2D eigenvalue weighted by atomic mass is 32.2. The molecule has 0 aliphatic carbocycles. The summed E-state index contributed by atoms with van der Waals surface area (Å²) in [7, 11) is -7.51. The molecule has 0 unspecified atom stereocenters. The topological polar surface area (TPSA) is 93.2 Å². The molecule has 136 valence electrons. The fourth-order valence-corrected chi connectivity index (χ4v) is 6.23. The van der Waals surface area contributed by atoms with Crippen molar-refractivity contribution in [2.45, 2.75) is 20.4 Å². The molecule has 9 heteroatoms. The zero-order valence-electron chi connectivity index (χ0n) is 13.6. The van der Waals surface area contributed by atoms with E-state index >= 15 is 0 Å².